The summed E-state index contributed by atoms with van der Waals surface area (Å²) < 4.78 is 49.0. The molecule has 2 aromatic rings. The Kier molecular flexibility index (Phi) is 5.58. The van der Waals surface area contributed by atoms with Crippen LogP contribution >= 0.6 is 0 Å². The van der Waals surface area contributed by atoms with Gasteiger partial charge in [0.2, 0.25) is 0 Å². The Bertz CT molecular complexity index is 734. The number of nitrogens with one attached hydrogen (secondary N) is 2. The highest BCUT2D eigenvalue weighted by Crippen LogP contribution is 2.27. The number of carbonyl (C=O) groups excluding carboxylic acids is 1. The standard InChI is InChI=1S/C17H18F3N3O3/c18-17(19,20)15-8-13(22-23-15)16(24)21-12-6-7-25-10-14(12)26-9-11-4-2-1-3-5-11/h1-5,8,12,14H,6-7,9-10H2,(H,21,24)(H,22,23)/t12-,14-/m1/s1. The first-order valence-corrected chi connectivity index (χ1v) is 8.10. The van der Waals surface area contributed by atoms with E-state index in [1.807, 2.05) is 35.4 Å². The summed E-state index contributed by atoms with van der Waals surface area (Å²) in [4.78, 5) is 12.2. The van der Waals surface area contributed by atoms with E-state index in [1.165, 1.54) is 0 Å². The summed E-state index contributed by atoms with van der Waals surface area (Å²) in [7, 11) is 0. The van der Waals surface area contributed by atoms with Crippen molar-refractivity contribution < 1.29 is 27.4 Å². The fraction of sp³-hybridized carbons (Fsp3) is 0.412. The SMILES string of the molecule is O=C(N[C@@H]1CCOC[C@H]1OCc1ccccc1)c1cc(C(F)(F)F)[nH]n1. The number of benzene rings is 1. The van der Waals surface area contributed by atoms with Crippen LogP contribution in [-0.4, -0.2) is 41.5 Å². The van der Waals surface area contributed by atoms with Crippen molar-refractivity contribution in [1.29, 1.82) is 0 Å². The van der Waals surface area contributed by atoms with Gasteiger partial charge < -0.3 is 14.8 Å². The zero-order chi connectivity index (χ0) is 18.6. The van der Waals surface area contributed by atoms with Gasteiger partial charge in [0.15, 0.2) is 5.69 Å². The average Bonchev–Trinajstić information content (AvgIpc) is 3.12. The van der Waals surface area contributed by atoms with Crippen LogP contribution in [0.25, 0.3) is 0 Å². The van der Waals surface area contributed by atoms with E-state index in [4.69, 9.17) is 9.47 Å². The van der Waals surface area contributed by atoms with Gasteiger partial charge in [0.1, 0.15) is 11.8 Å². The summed E-state index contributed by atoms with van der Waals surface area (Å²) >= 11 is 0. The molecule has 1 aromatic carbocycles. The number of ether oxygens (including phenoxy) is 2. The number of aromatic amines is 1. The highest BCUT2D eigenvalue weighted by Gasteiger charge is 2.34. The van der Waals surface area contributed by atoms with E-state index in [9.17, 15) is 18.0 Å². The van der Waals surface area contributed by atoms with Crippen LogP contribution in [0.2, 0.25) is 0 Å². The van der Waals surface area contributed by atoms with Crippen LogP contribution < -0.4 is 5.32 Å². The summed E-state index contributed by atoms with van der Waals surface area (Å²) in [6.45, 7) is 1.08. The van der Waals surface area contributed by atoms with Gasteiger partial charge >= 0.3 is 6.18 Å². The highest BCUT2D eigenvalue weighted by atomic mass is 19.4. The first-order chi connectivity index (χ1) is 12.4. The topological polar surface area (TPSA) is 76.2 Å². The van der Waals surface area contributed by atoms with Gasteiger partial charge in [0.05, 0.1) is 19.3 Å². The Morgan fingerprint density at radius 1 is 1.35 bits per heavy atom. The molecule has 140 valence electrons. The van der Waals surface area contributed by atoms with Gasteiger partial charge in [-0.1, -0.05) is 30.3 Å². The van der Waals surface area contributed by atoms with Crippen molar-refractivity contribution in [3.05, 3.63) is 53.3 Å². The number of alkyl halides is 3. The summed E-state index contributed by atoms with van der Waals surface area (Å²) in [5.74, 6) is -0.683. The first kappa shape index (κ1) is 18.4. The summed E-state index contributed by atoms with van der Waals surface area (Å²) in [5.41, 5.74) is -0.401. The number of halogens is 3. The molecule has 1 aliphatic rings. The third-order valence-corrected chi connectivity index (χ3v) is 4.04. The van der Waals surface area contributed by atoms with E-state index in [2.05, 4.69) is 10.4 Å². The molecule has 0 radical (unpaired) electrons. The maximum absolute atomic E-state index is 12.6. The number of aromatic nitrogens is 2. The smallest absolute Gasteiger partial charge is 0.379 e. The van der Waals surface area contributed by atoms with Crippen molar-refractivity contribution >= 4 is 5.91 Å². The number of hydrogen-bond acceptors (Lipinski definition) is 4. The third kappa shape index (κ3) is 4.61. The van der Waals surface area contributed by atoms with Crippen LogP contribution in [0, 0.1) is 0 Å². The molecule has 1 amide bonds. The Morgan fingerprint density at radius 3 is 2.81 bits per heavy atom. The van der Waals surface area contributed by atoms with E-state index in [-0.39, 0.29) is 11.7 Å². The minimum absolute atomic E-state index is 0.298. The second kappa shape index (κ2) is 7.88. The average molecular weight is 369 g/mol. The lowest BCUT2D eigenvalue weighted by atomic mass is 10.1. The van der Waals surface area contributed by atoms with Gasteiger partial charge in [0, 0.05) is 12.7 Å². The fourth-order valence-electron chi connectivity index (χ4n) is 2.64. The Hall–Kier alpha value is -2.39. The van der Waals surface area contributed by atoms with Gasteiger partial charge in [-0.25, -0.2) is 0 Å². The maximum atomic E-state index is 12.6. The number of H-pyrrole nitrogens is 1. The minimum atomic E-state index is -4.58. The molecule has 0 spiro atoms. The molecular weight excluding hydrogens is 351 g/mol. The van der Waals surface area contributed by atoms with E-state index >= 15 is 0 Å². The number of amides is 1. The van der Waals surface area contributed by atoms with Crippen molar-refractivity contribution in [1.82, 2.24) is 15.5 Å². The number of rotatable bonds is 5. The minimum Gasteiger partial charge on any atom is -0.379 e. The van der Waals surface area contributed by atoms with Crippen LogP contribution in [0.1, 0.15) is 28.2 Å². The molecule has 0 saturated carbocycles. The molecule has 2 N–H and O–H groups in total. The summed E-state index contributed by atoms with van der Waals surface area (Å²) in [6, 6.07) is 9.84. The Morgan fingerprint density at radius 2 is 2.12 bits per heavy atom. The van der Waals surface area contributed by atoms with Crippen molar-refractivity contribution in [2.24, 2.45) is 0 Å². The second-order valence-corrected chi connectivity index (χ2v) is 5.94. The first-order valence-electron chi connectivity index (χ1n) is 8.10. The van der Waals surface area contributed by atoms with Gasteiger partial charge in [-0.3, -0.25) is 9.89 Å². The molecule has 0 bridgehead atoms. The Labute approximate surface area is 147 Å². The molecule has 0 aliphatic carbocycles. The van der Waals surface area contributed by atoms with Crippen LogP contribution in [0.15, 0.2) is 36.4 Å². The van der Waals surface area contributed by atoms with Crippen molar-refractivity contribution in [2.75, 3.05) is 13.2 Å². The third-order valence-electron chi connectivity index (χ3n) is 4.04. The molecule has 1 saturated heterocycles. The van der Waals surface area contributed by atoms with Gasteiger partial charge in [0.25, 0.3) is 5.91 Å². The molecule has 26 heavy (non-hydrogen) atoms. The normalized spacial score (nSPS) is 20.7. The number of nitrogens with zero attached hydrogens (tertiary/aromatic N) is 1. The molecule has 6 nitrogen and oxygen atoms in total. The lowest BCUT2D eigenvalue weighted by Gasteiger charge is -2.32. The molecular formula is C17H18F3N3O3. The van der Waals surface area contributed by atoms with Gasteiger partial charge in [-0.2, -0.15) is 18.3 Å². The molecule has 9 heteroatoms. The number of hydrogen-bond donors (Lipinski definition) is 2. The maximum Gasteiger partial charge on any atom is 0.432 e. The lowest BCUT2D eigenvalue weighted by molar-refractivity contribution is -0.141. The molecule has 1 fully saturated rings. The highest BCUT2D eigenvalue weighted by molar-refractivity contribution is 5.92. The number of carbonyl (C=O) groups is 1. The van der Waals surface area contributed by atoms with Crippen LogP contribution in [-0.2, 0) is 22.3 Å². The lowest BCUT2D eigenvalue weighted by Crippen LogP contribution is -2.50. The molecule has 0 unspecified atom stereocenters. The monoisotopic (exact) mass is 369 g/mol. The van der Waals surface area contributed by atoms with Crippen LogP contribution in [0.5, 0.6) is 0 Å². The molecule has 1 aliphatic heterocycles. The van der Waals surface area contributed by atoms with E-state index in [0.717, 1.165) is 5.56 Å². The molecule has 2 heterocycles. The zero-order valence-electron chi connectivity index (χ0n) is 13.8. The van der Waals surface area contributed by atoms with Gasteiger partial charge in [-0.05, 0) is 12.0 Å². The van der Waals surface area contributed by atoms with E-state index in [1.54, 1.807) is 0 Å². The molecule has 3 rings (SSSR count). The van der Waals surface area contributed by atoms with Crippen molar-refractivity contribution in [3.63, 3.8) is 0 Å². The van der Waals surface area contributed by atoms with Crippen molar-refractivity contribution in [2.45, 2.75) is 31.3 Å². The predicted molar refractivity (Wildman–Crippen MR) is 85.3 cm³/mol. The summed E-state index contributed by atoms with van der Waals surface area (Å²) in [5, 5.41) is 7.96. The predicted octanol–water partition coefficient (Wildman–Crippen LogP) is 2.53. The Balaban J connectivity index is 1.60. The second-order valence-electron chi connectivity index (χ2n) is 5.94. The van der Waals surface area contributed by atoms with Crippen molar-refractivity contribution in [3.8, 4) is 0 Å². The van der Waals surface area contributed by atoms with Gasteiger partial charge in [-0.15, -0.1) is 0 Å². The largest absolute Gasteiger partial charge is 0.432 e. The zero-order valence-corrected chi connectivity index (χ0v) is 13.8. The molecule has 1 aromatic heterocycles. The van der Waals surface area contributed by atoms with E-state index in [0.29, 0.717) is 32.3 Å². The van der Waals surface area contributed by atoms with Crippen LogP contribution in [0.3, 0.4) is 0 Å². The molecule has 2 atom stereocenters. The van der Waals surface area contributed by atoms with Crippen LogP contribution in [0.4, 0.5) is 13.2 Å². The van der Waals surface area contributed by atoms with E-state index < -0.39 is 23.9 Å². The quantitative estimate of drug-likeness (QED) is 0.849. The fourth-order valence-corrected chi connectivity index (χ4v) is 2.64. The summed E-state index contributed by atoms with van der Waals surface area (Å²) in [6.07, 6.45) is -4.47.